The van der Waals surface area contributed by atoms with Gasteiger partial charge in [0.15, 0.2) is 0 Å². The summed E-state index contributed by atoms with van der Waals surface area (Å²) < 4.78 is 19.0. The van der Waals surface area contributed by atoms with Crippen LogP contribution in [-0.2, 0) is 32.0 Å². The first-order chi connectivity index (χ1) is 18.5. The summed E-state index contributed by atoms with van der Waals surface area (Å²) in [6.45, 7) is 4.62. The summed E-state index contributed by atoms with van der Waals surface area (Å²) in [7, 11) is 1.63. The molecule has 2 aromatic heterocycles. The first-order valence-corrected chi connectivity index (χ1v) is 14.0. The summed E-state index contributed by atoms with van der Waals surface area (Å²) in [5.74, 6) is 0.961. The third-order valence-corrected chi connectivity index (χ3v) is 8.01. The number of carbonyl (C=O) groups excluding carboxylic acids is 1. The van der Waals surface area contributed by atoms with Gasteiger partial charge in [-0.2, -0.15) is 0 Å². The summed E-state index contributed by atoms with van der Waals surface area (Å²) in [6, 6.07) is 8.32. The van der Waals surface area contributed by atoms with E-state index in [1.165, 1.54) is 0 Å². The molecule has 5 rings (SSSR count). The quantitative estimate of drug-likeness (QED) is 0.385. The van der Waals surface area contributed by atoms with Gasteiger partial charge >= 0.3 is 5.97 Å². The standard InChI is InChI=1S/C30H39N3O5/c1-20-15-24(17-31-29(20)34)28-32-26-16-21(8-10-27(26)33(28)18-22-11-13-37-14-12-22)7-9-23(19-36-2)30(35)38-25-5-3-4-6-25/h8,10,15-17,22-23,25H,3-7,9,11-14,18-19H2,1-2H3,(H,31,34)/t23-/m0/s1. The van der Waals surface area contributed by atoms with Crippen LogP contribution in [0, 0.1) is 18.8 Å². The van der Waals surface area contributed by atoms with Crippen molar-refractivity contribution >= 4 is 17.0 Å². The molecule has 8 heteroatoms. The average molecular weight is 522 g/mol. The molecule has 1 aliphatic heterocycles. The van der Waals surface area contributed by atoms with E-state index in [0.29, 0.717) is 24.5 Å². The number of imidazole rings is 1. The van der Waals surface area contributed by atoms with Crippen molar-refractivity contribution in [3.05, 3.63) is 51.9 Å². The lowest BCUT2D eigenvalue weighted by Gasteiger charge is -2.23. The summed E-state index contributed by atoms with van der Waals surface area (Å²) in [5.41, 5.74) is 4.62. The van der Waals surface area contributed by atoms with Gasteiger partial charge in [0.1, 0.15) is 11.9 Å². The van der Waals surface area contributed by atoms with Gasteiger partial charge in [0.2, 0.25) is 0 Å². The second-order valence-corrected chi connectivity index (χ2v) is 10.9. The minimum Gasteiger partial charge on any atom is -0.462 e. The number of nitrogens with zero attached hydrogens (tertiary/aromatic N) is 2. The van der Waals surface area contributed by atoms with E-state index in [4.69, 9.17) is 19.2 Å². The Morgan fingerprint density at radius 3 is 2.71 bits per heavy atom. The highest BCUT2D eigenvalue weighted by molar-refractivity contribution is 5.81. The number of carbonyl (C=O) groups is 1. The Balaban J connectivity index is 1.38. The number of rotatable bonds is 10. The Morgan fingerprint density at radius 1 is 1.18 bits per heavy atom. The molecule has 0 amide bonds. The van der Waals surface area contributed by atoms with Gasteiger partial charge in [0, 0.05) is 44.2 Å². The number of aromatic nitrogens is 3. The maximum Gasteiger partial charge on any atom is 0.311 e. The molecule has 3 aromatic rings. The topological polar surface area (TPSA) is 95.4 Å². The van der Waals surface area contributed by atoms with Crippen LogP contribution >= 0.6 is 0 Å². The molecule has 1 N–H and O–H groups in total. The van der Waals surface area contributed by atoms with E-state index in [2.05, 4.69) is 27.8 Å². The van der Waals surface area contributed by atoms with Gasteiger partial charge in [-0.3, -0.25) is 9.59 Å². The van der Waals surface area contributed by atoms with E-state index >= 15 is 0 Å². The second-order valence-electron chi connectivity index (χ2n) is 10.9. The van der Waals surface area contributed by atoms with Gasteiger partial charge in [-0.15, -0.1) is 0 Å². The molecule has 0 unspecified atom stereocenters. The molecule has 1 aromatic carbocycles. The predicted molar refractivity (Wildman–Crippen MR) is 146 cm³/mol. The Labute approximate surface area is 223 Å². The molecule has 1 saturated carbocycles. The van der Waals surface area contributed by atoms with Crippen LogP contribution in [0.1, 0.15) is 56.1 Å². The lowest BCUT2D eigenvalue weighted by molar-refractivity contribution is -0.155. The molecule has 1 atom stereocenters. The smallest absolute Gasteiger partial charge is 0.311 e. The average Bonchev–Trinajstić information content (AvgIpc) is 3.56. The van der Waals surface area contributed by atoms with Crippen molar-refractivity contribution in [3.8, 4) is 11.4 Å². The molecule has 0 bridgehead atoms. The number of esters is 1. The van der Waals surface area contributed by atoms with Crippen molar-refractivity contribution in [1.29, 1.82) is 0 Å². The monoisotopic (exact) mass is 521 g/mol. The van der Waals surface area contributed by atoms with E-state index in [9.17, 15) is 9.59 Å². The van der Waals surface area contributed by atoms with Crippen LogP contribution in [0.25, 0.3) is 22.4 Å². The third kappa shape index (κ3) is 6.18. The van der Waals surface area contributed by atoms with Crippen molar-refractivity contribution in [2.24, 2.45) is 11.8 Å². The number of aromatic amines is 1. The highest BCUT2D eigenvalue weighted by Crippen LogP contribution is 2.29. The summed E-state index contributed by atoms with van der Waals surface area (Å²) in [4.78, 5) is 32.7. The van der Waals surface area contributed by atoms with Crippen LogP contribution in [0.3, 0.4) is 0 Å². The van der Waals surface area contributed by atoms with Gasteiger partial charge in [0.25, 0.3) is 5.56 Å². The molecule has 0 radical (unpaired) electrons. The Morgan fingerprint density at radius 2 is 1.97 bits per heavy atom. The Bertz CT molecular complexity index is 1300. The van der Waals surface area contributed by atoms with E-state index in [-0.39, 0.29) is 23.6 Å². The van der Waals surface area contributed by atoms with E-state index in [1.807, 2.05) is 13.0 Å². The van der Waals surface area contributed by atoms with Crippen molar-refractivity contribution < 1.29 is 19.0 Å². The van der Waals surface area contributed by atoms with Gasteiger partial charge < -0.3 is 23.8 Å². The maximum absolute atomic E-state index is 12.8. The fourth-order valence-corrected chi connectivity index (χ4v) is 5.73. The fourth-order valence-electron chi connectivity index (χ4n) is 5.73. The summed E-state index contributed by atoms with van der Waals surface area (Å²) >= 11 is 0. The van der Waals surface area contributed by atoms with Crippen LogP contribution in [0.15, 0.2) is 35.3 Å². The van der Waals surface area contributed by atoms with Gasteiger partial charge in [-0.1, -0.05) is 6.07 Å². The van der Waals surface area contributed by atoms with Gasteiger partial charge in [-0.25, -0.2) is 4.98 Å². The Kier molecular flexibility index (Phi) is 8.59. The number of H-pyrrole nitrogens is 1. The van der Waals surface area contributed by atoms with Crippen molar-refractivity contribution in [2.45, 2.75) is 70.9 Å². The number of hydrogen-bond donors (Lipinski definition) is 1. The fraction of sp³-hybridized carbons (Fsp3) is 0.567. The zero-order valence-electron chi connectivity index (χ0n) is 22.5. The number of fused-ring (bicyclic) bond motifs is 1. The van der Waals surface area contributed by atoms with E-state index in [1.54, 1.807) is 13.3 Å². The number of aryl methyl sites for hydroxylation is 2. The van der Waals surface area contributed by atoms with Gasteiger partial charge in [0.05, 0.1) is 23.6 Å². The second kappa shape index (κ2) is 12.3. The van der Waals surface area contributed by atoms with E-state index < -0.39 is 0 Å². The predicted octanol–water partition coefficient (Wildman–Crippen LogP) is 4.81. The van der Waals surface area contributed by atoms with Crippen LogP contribution in [0.5, 0.6) is 0 Å². The molecule has 1 saturated heterocycles. The minimum atomic E-state index is -0.276. The number of methoxy groups -OCH3 is 1. The lowest BCUT2D eigenvalue weighted by atomic mass is 9.99. The molecule has 1 aliphatic carbocycles. The molecular formula is C30H39N3O5. The highest BCUT2D eigenvalue weighted by atomic mass is 16.5. The minimum absolute atomic E-state index is 0.0629. The van der Waals surface area contributed by atoms with Crippen LogP contribution < -0.4 is 5.56 Å². The van der Waals surface area contributed by atoms with Crippen molar-refractivity contribution in [1.82, 2.24) is 14.5 Å². The SMILES string of the molecule is COC[C@H](CCc1ccc2c(c1)nc(-c1c[nH]c(=O)c(C)c1)n2CC1CCOCC1)C(=O)OC1CCCC1. The van der Waals surface area contributed by atoms with Crippen molar-refractivity contribution in [2.75, 3.05) is 26.9 Å². The highest BCUT2D eigenvalue weighted by Gasteiger charge is 2.26. The molecule has 8 nitrogen and oxygen atoms in total. The molecular weight excluding hydrogens is 482 g/mol. The number of ether oxygens (including phenoxy) is 3. The zero-order valence-corrected chi connectivity index (χ0v) is 22.5. The van der Waals surface area contributed by atoms with Crippen LogP contribution in [0.2, 0.25) is 0 Å². The molecule has 38 heavy (non-hydrogen) atoms. The third-order valence-electron chi connectivity index (χ3n) is 8.01. The normalized spacial score (nSPS) is 17.7. The molecule has 0 spiro atoms. The van der Waals surface area contributed by atoms with Crippen LogP contribution in [-0.4, -0.2) is 53.5 Å². The Hall–Kier alpha value is -2.97. The molecule has 2 aliphatic rings. The first kappa shape index (κ1) is 26.6. The number of benzene rings is 1. The maximum atomic E-state index is 12.8. The van der Waals surface area contributed by atoms with Crippen molar-refractivity contribution in [3.63, 3.8) is 0 Å². The number of nitrogens with one attached hydrogen (secondary N) is 1. The molecule has 3 heterocycles. The lowest BCUT2D eigenvalue weighted by Crippen LogP contribution is -2.26. The molecule has 204 valence electrons. The van der Waals surface area contributed by atoms with Crippen LogP contribution in [0.4, 0.5) is 0 Å². The number of hydrogen-bond acceptors (Lipinski definition) is 6. The van der Waals surface area contributed by atoms with E-state index in [0.717, 1.165) is 92.7 Å². The first-order valence-electron chi connectivity index (χ1n) is 14.0. The van der Waals surface area contributed by atoms with Gasteiger partial charge in [-0.05, 0) is 88.0 Å². The summed E-state index contributed by atoms with van der Waals surface area (Å²) in [6.07, 6.45) is 9.48. The molecule has 2 fully saturated rings. The number of pyridine rings is 1. The zero-order chi connectivity index (χ0) is 26.5. The largest absolute Gasteiger partial charge is 0.462 e. The summed E-state index contributed by atoms with van der Waals surface area (Å²) in [5, 5.41) is 0.